The molecule has 1 aromatic heterocycles. The van der Waals surface area contributed by atoms with Crippen LogP contribution in [-0.4, -0.2) is 25.2 Å². The van der Waals surface area contributed by atoms with Crippen molar-refractivity contribution < 1.29 is 19.1 Å². The fraction of sp³-hybridized carbons (Fsp3) is 0.294. The fourth-order valence-electron chi connectivity index (χ4n) is 2.36. The molecule has 24 heavy (non-hydrogen) atoms. The molecule has 126 valence electrons. The van der Waals surface area contributed by atoms with Gasteiger partial charge >= 0.3 is 0 Å². The Morgan fingerprint density at radius 2 is 2.08 bits per heavy atom. The van der Waals surface area contributed by atoms with Crippen molar-refractivity contribution in [2.24, 2.45) is 0 Å². The minimum Gasteiger partial charge on any atom is -0.454 e. The third-order valence-electron chi connectivity index (χ3n) is 3.70. The maximum absolute atomic E-state index is 12.0. The summed E-state index contributed by atoms with van der Waals surface area (Å²) in [5, 5.41) is 9.26. The zero-order valence-corrected chi connectivity index (χ0v) is 14.0. The van der Waals surface area contributed by atoms with E-state index >= 15 is 0 Å². The quantitative estimate of drug-likeness (QED) is 0.842. The van der Waals surface area contributed by atoms with E-state index in [1.807, 2.05) is 30.5 Å². The van der Waals surface area contributed by atoms with Gasteiger partial charge in [-0.15, -0.1) is 0 Å². The van der Waals surface area contributed by atoms with Crippen molar-refractivity contribution in [1.82, 2.24) is 10.6 Å². The van der Waals surface area contributed by atoms with E-state index in [4.69, 9.17) is 9.47 Å². The van der Waals surface area contributed by atoms with Crippen molar-refractivity contribution in [2.45, 2.75) is 19.4 Å². The van der Waals surface area contributed by atoms with E-state index in [2.05, 4.69) is 10.6 Å². The van der Waals surface area contributed by atoms with E-state index in [9.17, 15) is 9.59 Å². The molecule has 0 fully saturated rings. The van der Waals surface area contributed by atoms with E-state index in [0.717, 1.165) is 5.56 Å². The topological polar surface area (TPSA) is 76.7 Å². The first-order valence-corrected chi connectivity index (χ1v) is 8.57. The molecular formula is C17H18N2O4S. The second-order valence-electron chi connectivity index (χ2n) is 5.42. The number of ether oxygens (including phenoxy) is 2. The summed E-state index contributed by atoms with van der Waals surface area (Å²) in [6.07, 6.45) is 0.227. The van der Waals surface area contributed by atoms with Crippen molar-refractivity contribution in [2.75, 3.05) is 13.3 Å². The minimum atomic E-state index is -0.159. The number of hydrogen-bond donors (Lipinski definition) is 2. The first kappa shape index (κ1) is 16.3. The average molecular weight is 346 g/mol. The van der Waals surface area contributed by atoms with Gasteiger partial charge in [0.05, 0.1) is 6.04 Å². The number of carbonyl (C=O) groups excluding carboxylic acids is 2. The van der Waals surface area contributed by atoms with Gasteiger partial charge in [-0.1, -0.05) is 6.07 Å². The Hall–Kier alpha value is -2.54. The summed E-state index contributed by atoms with van der Waals surface area (Å²) in [7, 11) is 0. The van der Waals surface area contributed by atoms with Crippen molar-refractivity contribution in [1.29, 1.82) is 0 Å². The van der Waals surface area contributed by atoms with Gasteiger partial charge in [-0.05, 0) is 36.1 Å². The Bertz CT molecular complexity index is 730. The predicted octanol–water partition coefficient (Wildman–Crippen LogP) is 2.47. The molecule has 0 saturated heterocycles. The molecule has 3 rings (SSSR count). The summed E-state index contributed by atoms with van der Waals surface area (Å²) in [5.74, 6) is 1.13. The van der Waals surface area contributed by atoms with E-state index in [1.54, 1.807) is 11.4 Å². The van der Waals surface area contributed by atoms with Crippen LogP contribution in [0.15, 0.2) is 35.0 Å². The van der Waals surface area contributed by atoms with E-state index in [1.165, 1.54) is 11.3 Å². The van der Waals surface area contributed by atoms with Crippen LogP contribution in [0.5, 0.6) is 11.5 Å². The van der Waals surface area contributed by atoms with Crippen molar-refractivity contribution in [3.63, 3.8) is 0 Å². The number of amides is 2. The Morgan fingerprint density at radius 1 is 1.25 bits per heavy atom. The second-order valence-corrected chi connectivity index (χ2v) is 6.20. The van der Waals surface area contributed by atoms with Crippen LogP contribution in [-0.2, 0) is 4.79 Å². The summed E-state index contributed by atoms with van der Waals surface area (Å²) in [4.78, 5) is 23.8. The summed E-state index contributed by atoms with van der Waals surface area (Å²) < 4.78 is 10.6. The summed E-state index contributed by atoms with van der Waals surface area (Å²) in [6.45, 7) is 2.43. The monoisotopic (exact) mass is 346 g/mol. The van der Waals surface area contributed by atoms with Gasteiger partial charge in [0.2, 0.25) is 12.7 Å². The third-order valence-corrected chi connectivity index (χ3v) is 4.38. The zero-order chi connectivity index (χ0) is 16.9. The molecular weight excluding hydrogens is 328 g/mol. The average Bonchev–Trinajstić information content (AvgIpc) is 3.25. The highest BCUT2D eigenvalue weighted by Crippen LogP contribution is 2.34. The first-order valence-electron chi connectivity index (χ1n) is 7.63. The molecule has 0 bridgehead atoms. The van der Waals surface area contributed by atoms with Crippen LogP contribution >= 0.6 is 11.3 Å². The number of hydrogen-bond acceptors (Lipinski definition) is 5. The fourth-order valence-corrected chi connectivity index (χ4v) is 3.00. The van der Waals surface area contributed by atoms with Crippen LogP contribution in [0.3, 0.4) is 0 Å². The van der Waals surface area contributed by atoms with Gasteiger partial charge in [0.15, 0.2) is 11.5 Å². The zero-order valence-electron chi connectivity index (χ0n) is 13.2. The molecule has 1 aromatic carbocycles. The van der Waals surface area contributed by atoms with Gasteiger partial charge in [0.1, 0.15) is 0 Å². The van der Waals surface area contributed by atoms with Crippen molar-refractivity contribution in [3.8, 4) is 11.5 Å². The number of carbonyl (C=O) groups is 2. The van der Waals surface area contributed by atoms with Gasteiger partial charge < -0.3 is 20.1 Å². The third kappa shape index (κ3) is 3.86. The van der Waals surface area contributed by atoms with E-state index in [0.29, 0.717) is 23.6 Å². The maximum Gasteiger partial charge on any atom is 0.252 e. The Kier molecular flexibility index (Phi) is 5.00. The number of benzene rings is 1. The van der Waals surface area contributed by atoms with Gasteiger partial charge in [0.25, 0.3) is 5.91 Å². The highest BCUT2D eigenvalue weighted by molar-refractivity contribution is 7.08. The lowest BCUT2D eigenvalue weighted by Crippen LogP contribution is -2.31. The molecule has 7 heteroatoms. The van der Waals surface area contributed by atoms with E-state index < -0.39 is 0 Å². The van der Waals surface area contributed by atoms with Crippen LogP contribution in [0.25, 0.3) is 0 Å². The molecule has 2 aromatic rings. The predicted molar refractivity (Wildman–Crippen MR) is 90.4 cm³/mol. The molecule has 6 nitrogen and oxygen atoms in total. The molecule has 1 aliphatic heterocycles. The van der Waals surface area contributed by atoms with Crippen LogP contribution in [0.4, 0.5) is 0 Å². The molecule has 2 heterocycles. The van der Waals surface area contributed by atoms with Crippen LogP contribution in [0.1, 0.15) is 35.3 Å². The molecule has 1 aliphatic rings. The number of fused-ring (bicyclic) bond motifs is 1. The van der Waals surface area contributed by atoms with Crippen molar-refractivity contribution in [3.05, 3.63) is 46.2 Å². The highest BCUT2D eigenvalue weighted by atomic mass is 32.1. The summed E-state index contributed by atoms with van der Waals surface area (Å²) in [5.41, 5.74) is 1.56. The second kappa shape index (κ2) is 7.35. The molecule has 0 aliphatic carbocycles. The number of thiophene rings is 1. The minimum absolute atomic E-state index is 0.120. The smallest absolute Gasteiger partial charge is 0.252 e. The van der Waals surface area contributed by atoms with Crippen molar-refractivity contribution >= 4 is 23.2 Å². The van der Waals surface area contributed by atoms with Crippen LogP contribution in [0.2, 0.25) is 0 Å². The Labute approximate surface area is 143 Å². The van der Waals surface area contributed by atoms with Gasteiger partial charge in [-0.3, -0.25) is 9.59 Å². The molecule has 1 atom stereocenters. The molecule has 2 N–H and O–H groups in total. The molecule has 1 unspecified atom stereocenters. The normalized spacial score (nSPS) is 13.4. The molecule has 0 radical (unpaired) electrons. The maximum atomic E-state index is 12.0. The summed E-state index contributed by atoms with van der Waals surface area (Å²) in [6, 6.07) is 7.20. The lowest BCUT2D eigenvalue weighted by Gasteiger charge is -2.15. The highest BCUT2D eigenvalue weighted by Gasteiger charge is 2.17. The largest absolute Gasteiger partial charge is 0.454 e. The Morgan fingerprint density at radius 3 is 2.88 bits per heavy atom. The van der Waals surface area contributed by atoms with Crippen LogP contribution in [0, 0.1) is 0 Å². The molecule has 0 saturated carbocycles. The summed E-state index contributed by atoms with van der Waals surface area (Å²) >= 11 is 1.46. The Balaban J connectivity index is 1.45. The first-order chi connectivity index (χ1) is 11.6. The van der Waals surface area contributed by atoms with Gasteiger partial charge in [-0.2, -0.15) is 11.3 Å². The molecule has 2 amide bonds. The van der Waals surface area contributed by atoms with Gasteiger partial charge in [0, 0.05) is 23.9 Å². The number of rotatable bonds is 6. The SMILES string of the molecule is CC(NC(=O)CCNC(=O)c1ccsc1)c1ccc2c(c1)OCO2. The van der Waals surface area contributed by atoms with E-state index in [-0.39, 0.29) is 31.1 Å². The van der Waals surface area contributed by atoms with Gasteiger partial charge in [-0.25, -0.2) is 0 Å². The standard InChI is InChI=1S/C17H18N2O4S/c1-11(12-2-3-14-15(8-12)23-10-22-14)19-16(20)4-6-18-17(21)13-5-7-24-9-13/h2-3,5,7-9,11H,4,6,10H2,1H3,(H,18,21)(H,19,20). The lowest BCUT2D eigenvalue weighted by atomic mass is 10.1. The van der Waals surface area contributed by atoms with Crippen LogP contribution < -0.4 is 20.1 Å². The molecule has 0 spiro atoms. The number of nitrogens with one attached hydrogen (secondary N) is 2. The lowest BCUT2D eigenvalue weighted by molar-refractivity contribution is -0.121.